The van der Waals surface area contributed by atoms with E-state index in [1.54, 1.807) is 12.3 Å². The molecule has 0 radical (unpaired) electrons. The molecule has 0 spiro atoms. The van der Waals surface area contributed by atoms with Gasteiger partial charge in [-0.1, -0.05) is 56.3 Å². The molecule has 0 aromatic heterocycles. The summed E-state index contributed by atoms with van der Waals surface area (Å²) in [6.07, 6.45) is 7.06. The van der Waals surface area contributed by atoms with Crippen LogP contribution in [0.2, 0.25) is 0 Å². The van der Waals surface area contributed by atoms with Crippen molar-refractivity contribution in [3.63, 3.8) is 0 Å². The van der Waals surface area contributed by atoms with Gasteiger partial charge in [-0.05, 0) is 107 Å². The molecule has 1 aliphatic rings. The second kappa shape index (κ2) is 11.1. The molecule has 0 aliphatic carbocycles. The number of aryl methyl sites for hydroxylation is 2. The lowest BCUT2D eigenvalue weighted by Crippen LogP contribution is -2.29. The largest absolute Gasteiger partial charge is 0.489 e. The molecular formula is C33H35NO3. The minimum Gasteiger partial charge on any atom is -0.489 e. The molecule has 2 unspecified atom stereocenters. The Bertz CT molecular complexity index is 1400. The molecule has 1 aliphatic heterocycles. The van der Waals surface area contributed by atoms with Crippen molar-refractivity contribution >= 4 is 18.1 Å². The summed E-state index contributed by atoms with van der Waals surface area (Å²) in [7, 11) is 0. The number of aliphatic hydroxyl groups is 1. The highest BCUT2D eigenvalue weighted by atomic mass is 16.5. The average molecular weight is 494 g/mol. The summed E-state index contributed by atoms with van der Waals surface area (Å²) < 4.78 is 6.26. The SMILES string of the molecule is CCC(C)C=N/C=C(\C)C1(O)c2ccc(C)c(c2)OCc2cccc(c2)/C(=C/C=O)c2cc1ccc2C. The summed E-state index contributed by atoms with van der Waals surface area (Å²) in [5.41, 5.74) is 6.23. The number of carbonyl (C=O) groups is 1. The van der Waals surface area contributed by atoms with Gasteiger partial charge in [-0.2, -0.15) is 0 Å². The number of hydrogen-bond acceptors (Lipinski definition) is 4. The highest BCUT2D eigenvalue weighted by molar-refractivity contribution is 5.91. The second-order valence-corrected chi connectivity index (χ2v) is 9.92. The third-order valence-corrected chi connectivity index (χ3v) is 7.24. The van der Waals surface area contributed by atoms with E-state index >= 15 is 0 Å². The molecule has 0 saturated carbocycles. The van der Waals surface area contributed by atoms with Crippen LogP contribution in [0.15, 0.2) is 83.5 Å². The highest BCUT2D eigenvalue weighted by Crippen LogP contribution is 2.41. The zero-order valence-electron chi connectivity index (χ0n) is 22.3. The maximum Gasteiger partial charge on any atom is 0.143 e. The first-order valence-corrected chi connectivity index (χ1v) is 12.8. The van der Waals surface area contributed by atoms with Gasteiger partial charge < -0.3 is 9.84 Å². The number of benzene rings is 3. The first kappa shape index (κ1) is 26.3. The molecule has 2 atom stereocenters. The molecule has 3 aromatic rings. The number of nitrogens with zero attached hydrogens (tertiary/aromatic N) is 1. The molecule has 6 bridgehead atoms. The van der Waals surface area contributed by atoms with Gasteiger partial charge in [0, 0.05) is 12.4 Å². The normalized spacial score (nSPS) is 19.5. The van der Waals surface area contributed by atoms with Gasteiger partial charge in [0.05, 0.1) is 0 Å². The van der Waals surface area contributed by atoms with Crippen molar-refractivity contribution in [2.75, 3.05) is 0 Å². The molecule has 1 heterocycles. The third-order valence-electron chi connectivity index (χ3n) is 7.24. The Hall–Kier alpha value is -3.76. The van der Waals surface area contributed by atoms with E-state index in [4.69, 9.17) is 4.74 Å². The van der Waals surface area contributed by atoms with Gasteiger partial charge in [-0.25, -0.2) is 0 Å². The van der Waals surface area contributed by atoms with E-state index < -0.39 is 5.60 Å². The molecule has 4 nitrogen and oxygen atoms in total. The molecule has 4 heteroatoms. The number of aliphatic imine (C=N–C) groups is 1. The first-order chi connectivity index (χ1) is 17.8. The maximum atomic E-state index is 12.5. The van der Waals surface area contributed by atoms with Crippen LogP contribution in [-0.2, 0) is 17.0 Å². The fourth-order valence-corrected chi connectivity index (χ4v) is 4.64. The number of allylic oxidation sites excluding steroid dienone is 1. The molecule has 4 rings (SSSR count). The van der Waals surface area contributed by atoms with Crippen LogP contribution in [0.25, 0.3) is 5.57 Å². The average Bonchev–Trinajstić information content (AvgIpc) is 2.91. The quantitative estimate of drug-likeness (QED) is 0.235. The second-order valence-electron chi connectivity index (χ2n) is 9.92. The molecule has 37 heavy (non-hydrogen) atoms. The smallest absolute Gasteiger partial charge is 0.143 e. The van der Waals surface area contributed by atoms with E-state index in [2.05, 4.69) is 24.9 Å². The first-order valence-electron chi connectivity index (χ1n) is 12.8. The van der Waals surface area contributed by atoms with Crippen molar-refractivity contribution in [2.45, 2.75) is 53.2 Å². The predicted molar refractivity (Wildman–Crippen MR) is 151 cm³/mol. The summed E-state index contributed by atoms with van der Waals surface area (Å²) in [5, 5.41) is 12.5. The molecule has 1 N–H and O–H groups in total. The molecule has 3 aromatic carbocycles. The number of aldehydes is 1. The summed E-state index contributed by atoms with van der Waals surface area (Å²) in [5.74, 6) is 1.06. The highest BCUT2D eigenvalue weighted by Gasteiger charge is 2.35. The van der Waals surface area contributed by atoms with Crippen molar-refractivity contribution in [2.24, 2.45) is 10.9 Å². The Labute approximate surface area is 220 Å². The molecule has 190 valence electrons. The van der Waals surface area contributed by atoms with Crippen LogP contribution >= 0.6 is 0 Å². The number of fused-ring (bicyclic) bond motifs is 6. The molecule has 0 amide bonds. The summed E-state index contributed by atoms with van der Waals surface area (Å²) in [4.78, 5) is 16.3. The Morgan fingerprint density at radius 3 is 2.54 bits per heavy atom. The van der Waals surface area contributed by atoms with Crippen LogP contribution in [0.1, 0.15) is 66.1 Å². The topological polar surface area (TPSA) is 58.9 Å². The Morgan fingerprint density at radius 1 is 1.08 bits per heavy atom. The standard InChI is InChI=1S/C33H35NO3/c1-6-22(2)19-34-20-25(5)33(36)28-12-10-23(3)31(17-28)30(14-15-35)27-9-7-8-26(16-27)21-37-32-18-29(33)13-11-24(32)4/h7-20,22,36H,6,21H2,1-5H3/b25-20+,30-14-,34-19?. The van der Waals surface area contributed by atoms with Crippen LogP contribution in [0, 0.1) is 19.8 Å². The lowest BCUT2D eigenvalue weighted by atomic mass is 9.78. The van der Waals surface area contributed by atoms with Gasteiger partial charge in [0.1, 0.15) is 24.2 Å². The van der Waals surface area contributed by atoms with Crippen molar-refractivity contribution in [1.29, 1.82) is 0 Å². The third kappa shape index (κ3) is 5.35. The summed E-state index contributed by atoms with van der Waals surface area (Å²) in [6.45, 7) is 10.5. The number of hydrogen-bond donors (Lipinski definition) is 1. The van der Waals surface area contributed by atoms with Gasteiger partial charge in [-0.15, -0.1) is 0 Å². The van der Waals surface area contributed by atoms with Crippen LogP contribution in [0.5, 0.6) is 5.75 Å². The van der Waals surface area contributed by atoms with Crippen molar-refractivity contribution in [1.82, 2.24) is 0 Å². The summed E-state index contributed by atoms with van der Waals surface area (Å²) in [6, 6.07) is 19.8. The van der Waals surface area contributed by atoms with Gasteiger partial charge in [0.15, 0.2) is 0 Å². The maximum absolute atomic E-state index is 12.5. The Morgan fingerprint density at radius 2 is 1.81 bits per heavy atom. The lowest BCUT2D eigenvalue weighted by molar-refractivity contribution is -0.104. The van der Waals surface area contributed by atoms with Crippen molar-refractivity contribution in [3.05, 3.63) is 117 Å². The Balaban J connectivity index is 2.02. The monoisotopic (exact) mass is 493 g/mol. The minimum absolute atomic E-state index is 0.343. The van der Waals surface area contributed by atoms with Crippen LogP contribution < -0.4 is 4.74 Å². The number of rotatable bonds is 5. The number of carbonyl (C=O) groups excluding carboxylic acids is 1. The fraction of sp³-hybridized carbons (Fsp3) is 0.273. The van der Waals surface area contributed by atoms with E-state index in [0.29, 0.717) is 35.0 Å². The van der Waals surface area contributed by atoms with Gasteiger partial charge in [0.2, 0.25) is 0 Å². The molecular weight excluding hydrogens is 458 g/mol. The predicted octanol–water partition coefficient (Wildman–Crippen LogP) is 7.08. The van der Waals surface area contributed by atoms with E-state index in [-0.39, 0.29) is 0 Å². The number of ether oxygens (including phenoxy) is 1. The van der Waals surface area contributed by atoms with Gasteiger partial charge in [0.25, 0.3) is 0 Å². The van der Waals surface area contributed by atoms with E-state index in [9.17, 15) is 9.90 Å². The fourth-order valence-electron chi connectivity index (χ4n) is 4.64. The Kier molecular flexibility index (Phi) is 7.89. The van der Waals surface area contributed by atoms with Crippen LogP contribution in [-0.4, -0.2) is 17.6 Å². The van der Waals surface area contributed by atoms with E-state index in [0.717, 1.165) is 46.1 Å². The van der Waals surface area contributed by atoms with Gasteiger partial charge >= 0.3 is 0 Å². The van der Waals surface area contributed by atoms with Crippen LogP contribution in [0.3, 0.4) is 0 Å². The minimum atomic E-state index is -1.46. The van der Waals surface area contributed by atoms with E-state index in [1.165, 1.54) is 0 Å². The molecule has 0 fully saturated rings. The molecule has 0 saturated heterocycles. The van der Waals surface area contributed by atoms with E-state index in [1.807, 2.05) is 81.6 Å². The zero-order valence-corrected chi connectivity index (χ0v) is 22.3. The zero-order chi connectivity index (χ0) is 26.6. The van der Waals surface area contributed by atoms with Crippen molar-refractivity contribution < 1.29 is 14.6 Å². The van der Waals surface area contributed by atoms with Crippen LogP contribution in [0.4, 0.5) is 0 Å². The van der Waals surface area contributed by atoms with Crippen molar-refractivity contribution in [3.8, 4) is 5.75 Å². The lowest BCUT2D eigenvalue weighted by Gasteiger charge is -2.31. The van der Waals surface area contributed by atoms with Gasteiger partial charge in [-0.3, -0.25) is 9.79 Å². The summed E-state index contributed by atoms with van der Waals surface area (Å²) >= 11 is 0.